The molecule has 0 amide bonds. The van der Waals surface area contributed by atoms with Gasteiger partial charge in [0.15, 0.2) is 5.69 Å². The van der Waals surface area contributed by atoms with Crippen molar-refractivity contribution in [2.75, 3.05) is 23.9 Å². The standard InChI is InChI=1S/C11H10ClF2N5O2/c12-7-5-6(1-2-8(7)14)16-11(17-20)9-10(15-4-3-13)19-21-18-9/h1-2,5,20H,3-4H2,(H,15,19)(H,16,17). The molecule has 0 aliphatic heterocycles. The van der Waals surface area contributed by atoms with Crippen LogP contribution < -0.4 is 10.6 Å². The molecule has 0 bridgehead atoms. The highest BCUT2D eigenvalue weighted by Crippen LogP contribution is 2.20. The highest BCUT2D eigenvalue weighted by molar-refractivity contribution is 6.31. The molecule has 3 N–H and O–H groups in total. The van der Waals surface area contributed by atoms with Crippen LogP contribution in [0.25, 0.3) is 0 Å². The second-order valence-corrected chi connectivity index (χ2v) is 4.19. The summed E-state index contributed by atoms with van der Waals surface area (Å²) in [7, 11) is 0. The fourth-order valence-electron chi connectivity index (χ4n) is 1.47. The Hall–Kier alpha value is -2.42. The normalized spacial score (nSPS) is 11.5. The molecule has 0 aliphatic rings. The lowest BCUT2D eigenvalue weighted by Crippen LogP contribution is -2.17. The molecule has 1 heterocycles. The number of nitrogens with zero attached hydrogens (tertiary/aromatic N) is 3. The molecule has 0 unspecified atom stereocenters. The van der Waals surface area contributed by atoms with Crippen molar-refractivity contribution in [2.24, 2.45) is 5.16 Å². The van der Waals surface area contributed by atoms with Crippen molar-refractivity contribution >= 4 is 28.9 Å². The molecule has 10 heteroatoms. The molecule has 0 atom stereocenters. The highest BCUT2D eigenvalue weighted by atomic mass is 35.5. The van der Waals surface area contributed by atoms with Crippen LogP contribution in [-0.2, 0) is 0 Å². The Morgan fingerprint density at radius 2 is 2.24 bits per heavy atom. The first kappa shape index (κ1) is 15.0. The summed E-state index contributed by atoms with van der Waals surface area (Å²) in [5.74, 6) is -0.612. The number of anilines is 2. The number of benzene rings is 1. The SMILES string of the molecule is O/N=C(\Nc1ccc(F)c(Cl)c1)c1nonc1NCCF. The van der Waals surface area contributed by atoms with Gasteiger partial charge in [-0.3, -0.25) is 0 Å². The van der Waals surface area contributed by atoms with E-state index in [2.05, 4.69) is 30.7 Å². The van der Waals surface area contributed by atoms with E-state index >= 15 is 0 Å². The molecular weight excluding hydrogens is 308 g/mol. The summed E-state index contributed by atoms with van der Waals surface area (Å²) in [6.45, 7) is -0.638. The van der Waals surface area contributed by atoms with E-state index in [-0.39, 0.29) is 28.9 Å². The van der Waals surface area contributed by atoms with Crippen molar-refractivity contribution in [1.29, 1.82) is 0 Å². The van der Waals surface area contributed by atoms with Crippen LogP contribution in [0.1, 0.15) is 5.69 Å². The number of hydrogen-bond donors (Lipinski definition) is 3. The molecular formula is C11H10ClF2N5O2. The average molecular weight is 318 g/mol. The third-order valence-corrected chi connectivity index (χ3v) is 2.67. The Labute approximate surface area is 122 Å². The Kier molecular flexibility index (Phi) is 4.88. The topological polar surface area (TPSA) is 95.6 Å². The van der Waals surface area contributed by atoms with Crippen LogP contribution in [0.5, 0.6) is 0 Å². The summed E-state index contributed by atoms with van der Waals surface area (Å²) in [6, 6.07) is 3.82. The smallest absolute Gasteiger partial charge is 0.203 e. The van der Waals surface area contributed by atoms with Crippen LogP contribution in [-0.4, -0.2) is 34.6 Å². The molecule has 0 saturated carbocycles. The lowest BCUT2D eigenvalue weighted by atomic mass is 10.3. The van der Waals surface area contributed by atoms with Crippen molar-refractivity contribution in [3.05, 3.63) is 34.7 Å². The number of aromatic nitrogens is 2. The summed E-state index contributed by atoms with van der Waals surface area (Å²) in [4.78, 5) is 0. The largest absolute Gasteiger partial charge is 0.409 e. The second kappa shape index (κ2) is 6.84. The first-order chi connectivity index (χ1) is 10.2. The molecule has 0 radical (unpaired) electrons. The predicted octanol–water partition coefficient (Wildman–Crippen LogP) is 2.49. The lowest BCUT2D eigenvalue weighted by Gasteiger charge is -2.07. The molecule has 0 saturated heterocycles. The third kappa shape index (κ3) is 3.57. The number of oxime groups is 1. The minimum atomic E-state index is -0.626. The van der Waals surface area contributed by atoms with Crippen LogP contribution in [0.3, 0.4) is 0 Å². The summed E-state index contributed by atoms with van der Waals surface area (Å²) in [5.41, 5.74) is 0.389. The van der Waals surface area contributed by atoms with Gasteiger partial charge in [0.2, 0.25) is 11.7 Å². The van der Waals surface area contributed by atoms with Crippen molar-refractivity contribution in [3.8, 4) is 0 Å². The fourth-order valence-corrected chi connectivity index (χ4v) is 1.65. The van der Waals surface area contributed by atoms with Gasteiger partial charge >= 0.3 is 0 Å². The zero-order valence-electron chi connectivity index (χ0n) is 10.5. The number of rotatable bonds is 5. The van der Waals surface area contributed by atoms with Gasteiger partial charge in [-0.15, -0.1) is 0 Å². The summed E-state index contributed by atoms with van der Waals surface area (Å²) >= 11 is 5.65. The Morgan fingerprint density at radius 3 is 2.90 bits per heavy atom. The van der Waals surface area contributed by atoms with E-state index in [0.29, 0.717) is 5.69 Å². The van der Waals surface area contributed by atoms with Crippen molar-refractivity contribution in [2.45, 2.75) is 0 Å². The zero-order chi connectivity index (χ0) is 15.2. The third-order valence-electron chi connectivity index (χ3n) is 2.38. The number of nitrogens with one attached hydrogen (secondary N) is 2. The van der Waals surface area contributed by atoms with E-state index < -0.39 is 12.5 Å². The highest BCUT2D eigenvalue weighted by Gasteiger charge is 2.17. The van der Waals surface area contributed by atoms with Crippen LogP contribution in [0, 0.1) is 5.82 Å². The predicted molar refractivity (Wildman–Crippen MR) is 72.1 cm³/mol. The molecule has 0 fully saturated rings. The van der Waals surface area contributed by atoms with Gasteiger partial charge in [0, 0.05) is 12.2 Å². The molecule has 1 aromatic carbocycles. The van der Waals surface area contributed by atoms with E-state index in [4.69, 9.17) is 16.8 Å². The molecule has 1 aromatic heterocycles. The van der Waals surface area contributed by atoms with Gasteiger partial charge in [0.1, 0.15) is 12.5 Å². The van der Waals surface area contributed by atoms with E-state index in [1.54, 1.807) is 0 Å². The molecule has 2 aromatic rings. The van der Waals surface area contributed by atoms with Gasteiger partial charge in [0.05, 0.1) is 5.02 Å². The number of halogens is 3. The maximum atomic E-state index is 13.1. The molecule has 21 heavy (non-hydrogen) atoms. The van der Waals surface area contributed by atoms with Gasteiger partial charge in [-0.05, 0) is 28.5 Å². The van der Waals surface area contributed by atoms with Crippen LogP contribution in [0.2, 0.25) is 5.02 Å². The number of amidine groups is 1. The van der Waals surface area contributed by atoms with Crippen molar-refractivity contribution in [1.82, 2.24) is 10.3 Å². The fraction of sp³-hybridized carbons (Fsp3) is 0.182. The minimum Gasteiger partial charge on any atom is -0.409 e. The van der Waals surface area contributed by atoms with E-state index in [9.17, 15) is 8.78 Å². The maximum Gasteiger partial charge on any atom is 0.203 e. The first-order valence-electron chi connectivity index (χ1n) is 5.72. The molecule has 112 valence electrons. The van der Waals surface area contributed by atoms with Gasteiger partial charge in [-0.25, -0.2) is 13.4 Å². The monoisotopic (exact) mass is 317 g/mol. The van der Waals surface area contributed by atoms with Gasteiger partial charge in [0.25, 0.3) is 0 Å². The first-order valence-corrected chi connectivity index (χ1v) is 6.10. The Morgan fingerprint density at radius 1 is 1.43 bits per heavy atom. The molecule has 0 aliphatic carbocycles. The van der Waals surface area contributed by atoms with Crippen LogP contribution in [0.15, 0.2) is 28.0 Å². The maximum absolute atomic E-state index is 13.1. The van der Waals surface area contributed by atoms with Crippen LogP contribution >= 0.6 is 11.6 Å². The number of alkyl halides is 1. The van der Waals surface area contributed by atoms with Gasteiger partial charge in [-0.2, -0.15) is 0 Å². The zero-order valence-corrected chi connectivity index (χ0v) is 11.2. The quantitative estimate of drug-likeness (QED) is 0.339. The Balaban J connectivity index is 2.20. The molecule has 7 nitrogen and oxygen atoms in total. The lowest BCUT2D eigenvalue weighted by molar-refractivity contribution is 0.305. The molecule has 2 rings (SSSR count). The number of hydrogen-bond acceptors (Lipinski definition) is 6. The summed E-state index contributed by atoms with van der Waals surface area (Å²) in [6.07, 6.45) is 0. The van der Waals surface area contributed by atoms with E-state index in [0.717, 1.165) is 6.07 Å². The minimum absolute atomic E-state index is 0.0116. The van der Waals surface area contributed by atoms with E-state index in [1.165, 1.54) is 12.1 Å². The summed E-state index contributed by atoms with van der Waals surface area (Å²) < 4.78 is 29.7. The summed E-state index contributed by atoms with van der Waals surface area (Å²) in [5, 5.41) is 24.3. The Bertz CT molecular complexity index is 649. The molecule has 0 spiro atoms. The van der Waals surface area contributed by atoms with E-state index in [1.807, 2.05) is 0 Å². The average Bonchev–Trinajstić information content (AvgIpc) is 2.94. The van der Waals surface area contributed by atoms with Gasteiger partial charge < -0.3 is 15.8 Å². The second-order valence-electron chi connectivity index (χ2n) is 3.78. The van der Waals surface area contributed by atoms with Crippen molar-refractivity contribution in [3.63, 3.8) is 0 Å². The van der Waals surface area contributed by atoms with Crippen molar-refractivity contribution < 1.29 is 18.6 Å². The van der Waals surface area contributed by atoms with Gasteiger partial charge in [-0.1, -0.05) is 16.8 Å². The van der Waals surface area contributed by atoms with Crippen LogP contribution in [0.4, 0.5) is 20.3 Å².